The van der Waals surface area contributed by atoms with Crippen molar-refractivity contribution in [3.63, 3.8) is 0 Å². The molecule has 3 heteroatoms. The van der Waals surface area contributed by atoms with E-state index in [1.54, 1.807) is 14.2 Å². The van der Waals surface area contributed by atoms with E-state index in [4.69, 9.17) is 9.47 Å². The third-order valence-electron chi connectivity index (χ3n) is 1.74. The number of hydrogen-bond acceptors (Lipinski definition) is 2. The largest absolute Gasteiger partial charge is 2.00 e. The quantitative estimate of drug-likeness (QED) is 0.591. The van der Waals surface area contributed by atoms with Crippen molar-refractivity contribution < 1.29 is 31.2 Å². The van der Waals surface area contributed by atoms with Crippen molar-refractivity contribution in [1.29, 1.82) is 0 Å². The Hall–Kier alpha value is -0.986. The predicted molar refractivity (Wildman–Crippen MR) is 57.2 cm³/mol. The van der Waals surface area contributed by atoms with Crippen LogP contribution in [0.1, 0.15) is 0 Å². The van der Waals surface area contributed by atoms with Crippen LogP contribution in [0, 0.1) is 0 Å². The molecule has 0 spiro atoms. The summed E-state index contributed by atoms with van der Waals surface area (Å²) >= 11 is 0. The fraction of sp³-hybridized carbons (Fsp3) is 0.167. The zero-order chi connectivity index (χ0) is 10.2. The molecule has 2 aromatic carbocycles. The van der Waals surface area contributed by atoms with Crippen molar-refractivity contribution in [3.05, 3.63) is 48.5 Å². The first kappa shape index (κ1) is 14.0. The molecule has 0 radical (unpaired) electrons. The SMILES string of the molecule is CO[c-]1cccc1.CO[c-]1cccc1.[Ti+2]. The van der Waals surface area contributed by atoms with Gasteiger partial charge in [0.1, 0.15) is 0 Å². The van der Waals surface area contributed by atoms with E-state index < -0.39 is 0 Å². The van der Waals surface area contributed by atoms with Crippen LogP contribution in [0.4, 0.5) is 0 Å². The van der Waals surface area contributed by atoms with Crippen LogP contribution >= 0.6 is 0 Å². The molecular weight excluding hydrogens is 224 g/mol. The summed E-state index contributed by atoms with van der Waals surface area (Å²) in [6.07, 6.45) is 0. The van der Waals surface area contributed by atoms with Crippen LogP contribution in [0.15, 0.2) is 48.5 Å². The Morgan fingerprint density at radius 3 is 1.07 bits per heavy atom. The molecule has 0 aliphatic rings. The molecule has 2 nitrogen and oxygen atoms in total. The summed E-state index contributed by atoms with van der Waals surface area (Å²) in [6, 6.07) is 15.4. The first-order valence-corrected chi connectivity index (χ1v) is 4.38. The van der Waals surface area contributed by atoms with Gasteiger partial charge in [-0.1, -0.05) is 0 Å². The molecule has 0 bridgehead atoms. The molecule has 2 rings (SSSR count). The molecule has 78 valence electrons. The summed E-state index contributed by atoms with van der Waals surface area (Å²) in [7, 11) is 3.32. The normalized spacial score (nSPS) is 8.13. The molecule has 0 aliphatic heterocycles. The summed E-state index contributed by atoms with van der Waals surface area (Å²) in [5.41, 5.74) is 0. The molecule has 0 atom stereocenters. The maximum atomic E-state index is 4.85. The first-order chi connectivity index (χ1) is 6.86. The second-order valence-electron chi connectivity index (χ2n) is 2.65. The molecule has 0 fully saturated rings. The van der Waals surface area contributed by atoms with Crippen molar-refractivity contribution in [3.8, 4) is 11.5 Å². The summed E-state index contributed by atoms with van der Waals surface area (Å²) in [6.45, 7) is 0. The van der Waals surface area contributed by atoms with Crippen LogP contribution in [-0.4, -0.2) is 14.2 Å². The van der Waals surface area contributed by atoms with Crippen LogP contribution in [0.5, 0.6) is 11.5 Å². The van der Waals surface area contributed by atoms with Crippen LogP contribution < -0.4 is 9.47 Å². The third kappa shape index (κ3) is 5.45. The Morgan fingerprint density at radius 1 is 0.667 bits per heavy atom. The topological polar surface area (TPSA) is 18.5 Å². The Bertz CT molecular complexity index is 277. The Kier molecular flexibility index (Phi) is 7.79. The van der Waals surface area contributed by atoms with E-state index in [1.165, 1.54) is 0 Å². The second-order valence-corrected chi connectivity index (χ2v) is 2.65. The van der Waals surface area contributed by atoms with Crippen molar-refractivity contribution in [2.45, 2.75) is 0 Å². The second kappa shape index (κ2) is 8.33. The van der Waals surface area contributed by atoms with Gasteiger partial charge >= 0.3 is 21.7 Å². The molecule has 0 unspecified atom stereocenters. The molecule has 2 aromatic rings. The number of ether oxygens (including phenoxy) is 2. The van der Waals surface area contributed by atoms with Gasteiger partial charge in [0, 0.05) is 11.5 Å². The van der Waals surface area contributed by atoms with Gasteiger partial charge in [-0.2, -0.15) is 0 Å². The van der Waals surface area contributed by atoms with Gasteiger partial charge in [-0.3, -0.25) is 0 Å². The maximum Gasteiger partial charge on any atom is 2.00 e. The van der Waals surface area contributed by atoms with Gasteiger partial charge in [0.25, 0.3) is 0 Å². The molecule has 0 saturated carbocycles. The van der Waals surface area contributed by atoms with E-state index >= 15 is 0 Å². The maximum absolute atomic E-state index is 4.85. The fourth-order valence-corrected chi connectivity index (χ4v) is 0.985. The molecule has 15 heavy (non-hydrogen) atoms. The van der Waals surface area contributed by atoms with Crippen molar-refractivity contribution in [2.24, 2.45) is 0 Å². The van der Waals surface area contributed by atoms with E-state index in [-0.39, 0.29) is 21.7 Å². The minimum Gasteiger partial charge on any atom is -0.554 e. The van der Waals surface area contributed by atoms with Crippen LogP contribution in [0.25, 0.3) is 0 Å². The molecule has 0 aromatic heterocycles. The minimum atomic E-state index is 0. The van der Waals surface area contributed by atoms with Crippen molar-refractivity contribution >= 4 is 0 Å². The van der Waals surface area contributed by atoms with E-state index in [0.717, 1.165) is 11.5 Å². The number of hydrogen-bond donors (Lipinski definition) is 0. The zero-order valence-electron chi connectivity index (χ0n) is 8.94. The van der Waals surface area contributed by atoms with Gasteiger partial charge in [-0.15, -0.1) is 24.3 Å². The molecule has 0 aliphatic carbocycles. The van der Waals surface area contributed by atoms with Crippen molar-refractivity contribution in [2.75, 3.05) is 14.2 Å². The molecule has 0 N–H and O–H groups in total. The van der Waals surface area contributed by atoms with Gasteiger partial charge in [-0.25, -0.2) is 24.3 Å². The van der Waals surface area contributed by atoms with Gasteiger partial charge in [-0.05, 0) is 0 Å². The van der Waals surface area contributed by atoms with Gasteiger partial charge < -0.3 is 9.47 Å². The summed E-state index contributed by atoms with van der Waals surface area (Å²) in [4.78, 5) is 0. The van der Waals surface area contributed by atoms with E-state index in [9.17, 15) is 0 Å². The van der Waals surface area contributed by atoms with E-state index in [2.05, 4.69) is 0 Å². The predicted octanol–water partition coefficient (Wildman–Crippen LogP) is 2.83. The average Bonchev–Trinajstić information content (AvgIpc) is 2.92. The van der Waals surface area contributed by atoms with Crippen LogP contribution in [0.2, 0.25) is 0 Å². The van der Waals surface area contributed by atoms with Gasteiger partial charge in [0.05, 0.1) is 14.2 Å². The van der Waals surface area contributed by atoms with Crippen molar-refractivity contribution in [1.82, 2.24) is 0 Å². The average molecular weight is 238 g/mol. The smallest absolute Gasteiger partial charge is 0.554 e. The van der Waals surface area contributed by atoms with Crippen LogP contribution in [0.3, 0.4) is 0 Å². The Morgan fingerprint density at radius 2 is 0.933 bits per heavy atom. The molecule has 0 saturated heterocycles. The standard InChI is InChI=1S/2C6H7O.Ti/c2*1-7-6-4-2-3-5-6;/h2*2-5H,1H3;/q2*-1;+2. The van der Waals surface area contributed by atoms with Gasteiger partial charge in [0.15, 0.2) is 0 Å². The summed E-state index contributed by atoms with van der Waals surface area (Å²) in [5, 5.41) is 0. The summed E-state index contributed by atoms with van der Waals surface area (Å²) < 4.78 is 9.71. The van der Waals surface area contributed by atoms with E-state index in [1.807, 2.05) is 48.5 Å². The number of rotatable bonds is 2. The molecule has 0 heterocycles. The molecule has 0 amide bonds. The zero-order valence-corrected chi connectivity index (χ0v) is 10.5. The Balaban J connectivity index is 0.000000245. The Labute approximate surface area is 105 Å². The first-order valence-electron chi connectivity index (χ1n) is 4.38. The number of methoxy groups -OCH3 is 2. The summed E-state index contributed by atoms with van der Waals surface area (Å²) in [5.74, 6) is 1.86. The third-order valence-corrected chi connectivity index (χ3v) is 1.74. The minimum absolute atomic E-state index is 0. The van der Waals surface area contributed by atoms with Crippen LogP contribution in [-0.2, 0) is 21.7 Å². The fourth-order valence-electron chi connectivity index (χ4n) is 0.985. The molecular formula is C12H14O2Ti. The monoisotopic (exact) mass is 238 g/mol. The van der Waals surface area contributed by atoms with Gasteiger partial charge in [0.2, 0.25) is 0 Å². The van der Waals surface area contributed by atoms with E-state index in [0.29, 0.717) is 0 Å².